The predicted molar refractivity (Wildman–Crippen MR) is 100 cm³/mol. The minimum absolute atomic E-state index is 0.00881. The summed E-state index contributed by atoms with van der Waals surface area (Å²) >= 11 is 1.58. The average Bonchev–Trinajstić information content (AvgIpc) is 3.14. The maximum Gasteiger partial charge on any atom is 0.276 e. The summed E-state index contributed by atoms with van der Waals surface area (Å²) in [6.07, 6.45) is 0. The smallest absolute Gasteiger partial charge is 0.276 e. The first-order valence-corrected chi connectivity index (χ1v) is 9.32. The van der Waals surface area contributed by atoms with Gasteiger partial charge in [0, 0.05) is 18.2 Å². The summed E-state index contributed by atoms with van der Waals surface area (Å²) in [5.74, 6) is -1.29. The molecule has 1 heterocycles. The van der Waals surface area contributed by atoms with Gasteiger partial charge in [-0.05, 0) is 48.5 Å². The van der Waals surface area contributed by atoms with Crippen LogP contribution in [0.5, 0.6) is 0 Å². The summed E-state index contributed by atoms with van der Waals surface area (Å²) in [6.45, 7) is 7.38. The Hall–Kier alpha value is -2.32. The number of rotatable bonds is 8. The fourth-order valence-corrected chi connectivity index (χ4v) is 3.57. The third-order valence-electron chi connectivity index (χ3n) is 4.41. The number of nitro groups is 1. The van der Waals surface area contributed by atoms with Crippen molar-refractivity contribution in [2.24, 2.45) is 0 Å². The highest BCUT2D eigenvalue weighted by molar-refractivity contribution is 7.07. The van der Waals surface area contributed by atoms with Gasteiger partial charge >= 0.3 is 0 Å². The number of hydrogen-bond acceptors (Lipinski definition) is 5. The van der Waals surface area contributed by atoms with Crippen LogP contribution in [-0.2, 0) is 0 Å². The van der Waals surface area contributed by atoms with Gasteiger partial charge < -0.3 is 5.32 Å². The fraction of sp³-hybridized carbons (Fsp3) is 0.389. The predicted octanol–water partition coefficient (Wildman–Crippen LogP) is 3.92. The standard InChI is InChI=1S/C18H22FN3O3S/c1-4-21(5-2)17(13-6-7-26-11-13)10-20-18(23)14-8-15(19)12(3)16(9-14)22(24)25/h6-9,11,17H,4-5,10H2,1-3H3,(H,20,23)/t17-/m1/s1. The van der Waals surface area contributed by atoms with E-state index in [-0.39, 0.29) is 17.2 Å². The van der Waals surface area contributed by atoms with Crippen LogP contribution in [-0.4, -0.2) is 35.4 Å². The Balaban J connectivity index is 2.19. The Labute approximate surface area is 155 Å². The Kier molecular flexibility index (Phi) is 6.82. The van der Waals surface area contributed by atoms with Crippen molar-refractivity contribution in [2.75, 3.05) is 19.6 Å². The van der Waals surface area contributed by atoms with E-state index >= 15 is 0 Å². The number of halogens is 1. The molecule has 0 saturated carbocycles. The van der Waals surface area contributed by atoms with E-state index in [4.69, 9.17) is 0 Å². The number of amides is 1. The minimum Gasteiger partial charge on any atom is -0.350 e. The molecule has 1 aromatic carbocycles. The van der Waals surface area contributed by atoms with Crippen LogP contribution in [0.2, 0.25) is 0 Å². The molecule has 26 heavy (non-hydrogen) atoms. The summed E-state index contributed by atoms with van der Waals surface area (Å²) in [6, 6.07) is 4.15. The lowest BCUT2D eigenvalue weighted by Crippen LogP contribution is -2.38. The summed E-state index contributed by atoms with van der Waals surface area (Å²) < 4.78 is 13.9. The molecular formula is C18H22FN3O3S. The molecule has 0 aliphatic rings. The molecule has 0 unspecified atom stereocenters. The molecule has 0 radical (unpaired) electrons. The van der Waals surface area contributed by atoms with Crippen molar-refractivity contribution in [2.45, 2.75) is 26.8 Å². The van der Waals surface area contributed by atoms with Crippen molar-refractivity contribution in [3.05, 3.63) is 61.6 Å². The van der Waals surface area contributed by atoms with Crippen LogP contribution in [0.25, 0.3) is 0 Å². The van der Waals surface area contributed by atoms with Crippen LogP contribution in [0.3, 0.4) is 0 Å². The van der Waals surface area contributed by atoms with Gasteiger partial charge in [-0.2, -0.15) is 11.3 Å². The van der Waals surface area contributed by atoms with Crippen molar-refractivity contribution in [3.8, 4) is 0 Å². The first-order chi connectivity index (χ1) is 12.4. The number of hydrogen-bond donors (Lipinski definition) is 1. The van der Waals surface area contributed by atoms with Crippen LogP contribution in [0.1, 0.15) is 41.4 Å². The topological polar surface area (TPSA) is 75.5 Å². The normalized spacial score (nSPS) is 12.2. The molecule has 0 bridgehead atoms. The zero-order valence-electron chi connectivity index (χ0n) is 15.0. The second-order valence-corrected chi connectivity index (χ2v) is 6.64. The van der Waals surface area contributed by atoms with Gasteiger partial charge in [-0.25, -0.2) is 4.39 Å². The number of carbonyl (C=O) groups excluding carboxylic acids is 1. The van der Waals surface area contributed by atoms with Gasteiger partial charge in [-0.3, -0.25) is 19.8 Å². The van der Waals surface area contributed by atoms with Gasteiger partial charge in [-0.1, -0.05) is 13.8 Å². The van der Waals surface area contributed by atoms with Gasteiger partial charge in [-0.15, -0.1) is 0 Å². The van der Waals surface area contributed by atoms with Crippen LogP contribution >= 0.6 is 11.3 Å². The van der Waals surface area contributed by atoms with Crippen LogP contribution < -0.4 is 5.32 Å². The molecule has 1 N–H and O–H groups in total. The van der Waals surface area contributed by atoms with E-state index in [1.807, 2.05) is 30.7 Å². The lowest BCUT2D eigenvalue weighted by Gasteiger charge is -2.29. The quantitative estimate of drug-likeness (QED) is 0.557. The second-order valence-electron chi connectivity index (χ2n) is 5.86. The average molecular weight is 379 g/mol. The van der Waals surface area contributed by atoms with E-state index in [2.05, 4.69) is 10.2 Å². The highest BCUT2D eigenvalue weighted by Gasteiger charge is 2.22. The maximum absolute atomic E-state index is 13.9. The van der Waals surface area contributed by atoms with Crippen LogP contribution in [0.15, 0.2) is 29.0 Å². The molecule has 0 spiro atoms. The SMILES string of the molecule is CCN(CC)[C@H](CNC(=O)c1cc(F)c(C)c([N+](=O)[O-])c1)c1ccsc1. The van der Waals surface area contributed by atoms with Crippen molar-refractivity contribution >= 4 is 22.9 Å². The highest BCUT2D eigenvalue weighted by Crippen LogP contribution is 2.24. The fourth-order valence-electron chi connectivity index (χ4n) is 2.86. The van der Waals surface area contributed by atoms with E-state index < -0.39 is 22.3 Å². The number of thiophene rings is 1. The number of carbonyl (C=O) groups is 1. The molecule has 1 aromatic heterocycles. The van der Waals surface area contributed by atoms with E-state index in [1.165, 1.54) is 6.92 Å². The zero-order chi connectivity index (χ0) is 19.3. The monoisotopic (exact) mass is 379 g/mol. The molecule has 0 fully saturated rings. The third kappa shape index (κ3) is 4.44. The number of benzene rings is 1. The van der Waals surface area contributed by atoms with Crippen LogP contribution in [0.4, 0.5) is 10.1 Å². The number of nitrogens with one attached hydrogen (secondary N) is 1. The van der Waals surface area contributed by atoms with E-state index in [1.54, 1.807) is 11.3 Å². The highest BCUT2D eigenvalue weighted by atomic mass is 32.1. The molecule has 2 rings (SSSR count). The molecule has 1 atom stereocenters. The largest absolute Gasteiger partial charge is 0.350 e. The summed E-state index contributed by atoms with van der Waals surface area (Å²) in [4.78, 5) is 25.0. The first kappa shape index (κ1) is 20.0. The lowest BCUT2D eigenvalue weighted by atomic mass is 10.1. The maximum atomic E-state index is 13.9. The van der Waals surface area contributed by atoms with Crippen molar-refractivity contribution in [1.82, 2.24) is 10.2 Å². The molecule has 2 aromatic rings. The Bertz CT molecular complexity index is 776. The van der Waals surface area contributed by atoms with Crippen molar-refractivity contribution in [3.63, 3.8) is 0 Å². The molecule has 1 amide bonds. The molecule has 0 aliphatic carbocycles. The minimum atomic E-state index is -0.762. The van der Waals surface area contributed by atoms with Crippen molar-refractivity contribution in [1.29, 1.82) is 0 Å². The molecule has 0 saturated heterocycles. The molecule has 0 aliphatic heterocycles. The van der Waals surface area contributed by atoms with Gasteiger partial charge in [0.25, 0.3) is 11.6 Å². The number of likely N-dealkylation sites (N-methyl/N-ethyl adjacent to an activating group) is 1. The Morgan fingerprint density at radius 1 is 1.38 bits per heavy atom. The summed E-state index contributed by atoms with van der Waals surface area (Å²) in [7, 11) is 0. The second kappa shape index (κ2) is 8.86. The van der Waals surface area contributed by atoms with Gasteiger partial charge in [0.05, 0.1) is 16.5 Å². The summed E-state index contributed by atoms with van der Waals surface area (Å²) in [5.41, 5.74) is 0.572. The zero-order valence-corrected chi connectivity index (χ0v) is 15.8. The molecule has 140 valence electrons. The number of nitro benzene ring substituents is 1. The Morgan fingerprint density at radius 3 is 2.62 bits per heavy atom. The third-order valence-corrected chi connectivity index (χ3v) is 5.11. The molecular weight excluding hydrogens is 357 g/mol. The first-order valence-electron chi connectivity index (χ1n) is 8.37. The molecule has 6 nitrogen and oxygen atoms in total. The Morgan fingerprint density at radius 2 is 2.08 bits per heavy atom. The summed E-state index contributed by atoms with van der Waals surface area (Å²) in [5, 5.41) is 17.8. The van der Waals surface area contributed by atoms with Gasteiger partial charge in [0.1, 0.15) is 5.82 Å². The van der Waals surface area contributed by atoms with Gasteiger partial charge in [0.2, 0.25) is 0 Å². The molecule has 8 heteroatoms. The van der Waals surface area contributed by atoms with E-state index in [0.29, 0.717) is 6.54 Å². The number of nitrogens with zero attached hydrogens (tertiary/aromatic N) is 2. The van der Waals surface area contributed by atoms with Gasteiger partial charge in [0.15, 0.2) is 0 Å². The van der Waals surface area contributed by atoms with E-state index in [9.17, 15) is 19.3 Å². The van der Waals surface area contributed by atoms with E-state index in [0.717, 1.165) is 30.8 Å². The lowest BCUT2D eigenvalue weighted by molar-refractivity contribution is -0.385. The van der Waals surface area contributed by atoms with Crippen molar-refractivity contribution < 1.29 is 14.1 Å². The van der Waals surface area contributed by atoms with Crippen LogP contribution in [0, 0.1) is 22.9 Å².